The average Bonchev–Trinajstić information content (AvgIpc) is 2.71. The first-order chi connectivity index (χ1) is 8.82. The number of anilines is 1. The Bertz CT molecular complexity index is 526. The smallest absolute Gasteiger partial charge is 0.254 e. The third-order valence-corrected chi connectivity index (χ3v) is 3.74. The van der Waals surface area contributed by atoms with Gasteiger partial charge in [-0.2, -0.15) is 0 Å². The minimum atomic E-state index is -0.653. The van der Waals surface area contributed by atoms with Gasteiger partial charge in [-0.25, -0.2) is 0 Å². The molecule has 0 bridgehead atoms. The lowest BCUT2D eigenvalue weighted by atomic mass is 9.89. The van der Waals surface area contributed by atoms with E-state index in [9.17, 15) is 9.59 Å². The molecule has 0 aromatic heterocycles. The molecule has 2 rings (SSSR count). The summed E-state index contributed by atoms with van der Waals surface area (Å²) >= 11 is 5.88. The maximum absolute atomic E-state index is 12.3. The Labute approximate surface area is 116 Å². The lowest BCUT2D eigenvalue weighted by Gasteiger charge is -2.21. The summed E-state index contributed by atoms with van der Waals surface area (Å²) in [6, 6.07) is 4.73. The molecule has 0 radical (unpaired) electrons. The normalized spacial score (nSPS) is 22.5. The fraction of sp³-hybridized carbons (Fsp3) is 0.385. The summed E-state index contributed by atoms with van der Waals surface area (Å²) in [5.74, 6) is -0.562. The number of amides is 2. The Hall–Kier alpha value is -1.75. The van der Waals surface area contributed by atoms with Crippen LogP contribution in [0.5, 0.6) is 0 Å². The first kappa shape index (κ1) is 13.7. The van der Waals surface area contributed by atoms with Crippen LogP contribution in [0, 0.1) is 5.41 Å². The van der Waals surface area contributed by atoms with Crippen molar-refractivity contribution in [2.45, 2.75) is 13.3 Å². The number of nitrogens with zero attached hydrogens (tertiary/aromatic N) is 1. The Balaban J connectivity index is 2.20. The Morgan fingerprint density at radius 3 is 2.58 bits per heavy atom. The van der Waals surface area contributed by atoms with Crippen molar-refractivity contribution in [1.29, 1.82) is 0 Å². The van der Waals surface area contributed by atoms with Crippen molar-refractivity contribution < 1.29 is 9.59 Å². The van der Waals surface area contributed by atoms with Crippen molar-refractivity contribution in [3.8, 4) is 0 Å². The largest absolute Gasteiger partial charge is 0.399 e. The monoisotopic (exact) mass is 281 g/mol. The van der Waals surface area contributed by atoms with E-state index in [0.29, 0.717) is 35.8 Å². The molecule has 6 heteroatoms. The van der Waals surface area contributed by atoms with E-state index < -0.39 is 5.41 Å². The summed E-state index contributed by atoms with van der Waals surface area (Å²) in [6.07, 6.45) is 0.574. The molecule has 0 spiro atoms. The Morgan fingerprint density at radius 2 is 2.05 bits per heavy atom. The summed E-state index contributed by atoms with van der Waals surface area (Å²) in [7, 11) is 0. The van der Waals surface area contributed by atoms with Crippen LogP contribution >= 0.6 is 11.6 Å². The van der Waals surface area contributed by atoms with E-state index in [4.69, 9.17) is 23.1 Å². The number of likely N-dealkylation sites (tertiary alicyclic amines) is 1. The van der Waals surface area contributed by atoms with E-state index in [2.05, 4.69) is 0 Å². The van der Waals surface area contributed by atoms with Crippen molar-refractivity contribution in [2.24, 2.45) is 11.1 Å². The zero-order valence-corrected chi connectivity index (χ0v) is 11.4. The highest BCUT2D eigenvalue weighted by molar-refractivity contribution is 6.31. The quantitative estimate of drug-likeness (QED) is 0.800. The first-order valence-electron chi connectivity index (χ1n) is 5.97. The predicted molar refractivity (Wildman–Crippen MR) is 73.7 cm³/mol. The maximum atomic E-state index is 12.3. The number of rotatable bonds is 2. The van der Waals surface area contributed by atoms with Crippen LogP contribution in [0.4, 0.5) is 5.69 Å². The first-order valence-corrected chi connectivity index (χ1v) is 6.35. The molecule has 1 heterocycles. The highest BCUT2D eigenvalue weighted by Crippen LogP contribution is 2.30. The van der Waals surface area contributed by atoms with Gasteiger partial charge in [-0.3, -0.25) is 9.59 Å². The van der Waals surface area contributed by atoms with E-state index >= 15 is 0 Å². The Morgan fingerprint density at radius 1 is 1.37 bits per heavy atom. The van der Waals surface area contributed by atoms with E-state index in [1.165, 1.54) is 0 Å². The molecule has 0 saturated carbocycles. The van der Waals surface area contributed by atoms with E-state index in [-0.39, 0.29) is 11.8 Å². The lowest BCUT2D eigenvalue weighted by Crippen LogP contribution is -2.38. The van der Waals surface area contributed by atoms with Gasteiger partial charge in [-0.05, 0) is 31.5 Å². The van der Waals surface area contributed by atoms with Gasteiger partial charge in [-0.15, -0.1) is 0 Å². The second-order valence-electron chi connectivity index (χ2n) is 5.17. The van der Waals surface area contributed by atoms with E-state index in [1.54, 1.807) is 30.0 Å². The number of nitrogens with two attached hydrogens (primary N) is 2. The topological polar surface area (TPSA) is 89.4 Å². The van der Waals surface area contributed by atoms with E-state index in [0.717, 1.165) is 0 Å². The number of carbonyl (C=O) groups excluding carboxylic acids is 2. The highest BCUT2D eigenvalue weighted by atomic mass is 35.5. The van der Waals surface area contributed by atoms with Crippen molar-refractivity contribution in [3.05, 3.63) is 28.8 Å². The van der Waals surface area contributed by atoms with Crippen molar-refractivity contribution in [3.63, 3.8) is 0 Å². The minimum absolute atomic E-state index is 0.181. The zero-order chi connectivity index (χ0) is 14.2. The molecule has 5 nitrogen and oxygen atoms in total. The molecule has 19 heavy (non-hydrogen) atoms. The van der Waals surface area contributed by atoms with Crippen molar-refractivity contribution in [1.82, 2.24) is 4.90 Å². The van der Waals surface area contributed by atoms with Gasteiger partial charge < -0.3 is 16.4 Å². The fourth-order valence-corrected chi connectivity index (χ4v) is 2.50. The molecule has 1 saturated heterocycles. The molecular formula is C13H16ClN3O2. The minimum Gasteiger partial charge on any atom is -0.399 e. The molecule has 4 N–H and O–H groups in total. The molecule has 1 unspecified atom stereocenters. The lowest BCUT2D eigenvalue weighted by molar-refractivity contribution is -0.126. The van der Waals surface area contributed by atoms with Crippen LogP contribution in [0.1, 0.15) is 23.7 Å². The van der Waals surface area contributed by atoms with Gasteiger partial charge in [0.2, 0.25) is 5.91 Å². The SMILES string of the molecule is CC1(C(N)=O)CCN(C(=O)c2cc(N)cc(Cl)c2)C1. The van der Waals surface area contributed by atoms with Gasteiger partial charge in [0.15, 0.2) is 0 Å². The molecule has 1 aromatic carbocycles. The molecule has 1 fully saturated rings. The second kappa shape index (κ2) is 4.74. The summed E-state index contributed by atoms with van der Waals surface area (Å²) in [5, 5.41) is 0.417. The van der Waals surface area contributed by atoms with Crippen LogP contribution in [-0.4, -0.2) is 29.8 Å². The molecule has 1 aliphatic heterocycles. The summed E-state index contributed by atoms with van der Waals surface area (Å²) in [5.41, 5.74) is 11.2. The maximum Gasteiger partial charge on any atom is 0.254 e. The molecule has 1 aliphatic rings. The summed E-state index contributed by atoms with van der Waals surface area (Å²) in [4.78, 5) is 25.3. The van der Waals surface area contributed by atoms with Crippen LogP contribution < -0.4 is 11.5 Å². The molecule has 102 valence electrons. The summed E-state index contributed by atoms with van der Waals surface area (Å²) < 4.78 is 0. The van der Waals surface area contributed by atoms with Crippen LogP contribution in [0.3, 0.4) is 0 Å². The van der Waals surface area contributed by atoms with Gasteiger partial charge in [0.25, 0.3) is 5.91 Å². The van der Waals surface area contributed by atoms with Crippen molar-refractivity contribution in [2.75, 3.05) is 18.8 Å². The number of primary amides is 1. The van der Waals surface area contributed by atoms with E-state index in [1.807, 2.05) is 0 Å². The second-order valence-corrected chi connectivity index (χ2v) is 5.61. The van der Waals surface area contributed by atoms with Gasteiger partial charge in [-0.1, -0.05) is 11.6 Å². The third kappa shape index (κ3) is 2.66. The number of benzene rings is 1. The van der Waals surface area contributed by atoms with Gasteiger partial charge in [0.1, 0.15) is 0 Å². The molecule has 1 atom stereocenters. The Kier molecular flexibility index (Phi) is 3.41. The molecule has 0 aliphatic carbocycles. The number of nitrogen functional groups attached to an aromatic ring is 1. The van der Waals surface area contributed by atoms with Gasteiger partial charge in [0.05, 0.1) is 5.41 Å². The van der Waals surface area contributed by atoms with Crippen LogP contribution in [0.15, 0.2) is 18.2 Å². The van der Waals surface area contributed by atoms with Crippen LogP contribution in [0.25, 0.3) is 0 Å². The van der Waals surface area contributed by atoms with Crippen molar-refractivity contribution >= 4 is 29.1 Å². The number of hydrogen-bond acceptors (Lipinski definition) is 3. The highest BCUT2D eigenvalue weighted by Gasteiger charge is 2.40. The van der Waals surface area contributed by atoms with Crippen LogP contribution in [-0.2, 0) is 4.79 Å². The number of halogens is 1. The zero-order valence-electron chi connectivity index (χ0n) is 10.6. The van der Waals surface area contributed by atoms with Gasteiger partial charge >= 0.3 is 0 Å². The van der Waals surface area contributed by atoms with Gasteiger partial charge in [0, 0.05) is 29.4 Å². The molecule has 2 amide bonds. The third-order valence-electron chi connectivity index (χ3n) is 3.52. The molecule has 1 aromatic rings. The fourth-order valence-electron chi connectivity index (χ4n) is 2.25. The average molecular weight is 282 g/mol. The number of carbonyl (C=O) groups is 2. The number of hydrogen-bond donors (Lipinski definition) is 2. The standard InChI is InChI=1S/C13H16ClN3O2/c1-13(12(16)19)2-3-17(7-13)11(18)8-4-9(14)6-10(15)5-8/h4-6H,2-3,7,15H2,1H3,(H2,16,19). The predicted octanol–water partition coefficient (Wildman–Crippen LogP) is 1.26. The summed E-state index contributed by atoms with van der Waals surface area (Å²) in [6.45, 7) is 2.60. The van der Waals surface area contributed by atoms with Crippen LogP contribution in [0.2, 0.25) is 5.02 Å². The molecular weight excluding hydrogens is 266 g/mol.